The number of rotatable bonds is 8. The normalized spacial score (nSPS) is 10.1. The Morgan fingerprint density at radius 3 is 2.30 bits per heavy atom. The Balaban J connectivity index is 2.40. The van der Waals surface area contributed by atoms with Gasteiger partial charge >= 0.3 is 5.97 Å². The van der Waals surface area contributed by atoms with Gasteiger partial charge in [0.1, 0.15) is 5.78 Å². The van der Waals surface area contributed by atoms with Crippen LogP contribution in [0.25, 0.3) is 0 Å². The average molecular weight is 294 g/mol. The van der Waals surface area contributed by atoms with Gasteiger partial charge < -0.3 is 4.74 Å². The van der Waals surface area contributed by atoms with Gasteiger partial charge in [0.25, 0.3) is 0 Å². The molecule has 0 aliphatic heterocycles. The molecule has 108 valence electrons. The number of methoxy groups -OCH3 is 1. The number of hydrogen-bond acceptors (Lipinski definition) is 5. The van der Waals surface area contributed by atoms with Crippen LogP contribution in [0.1, 0.15) is 36.0 Å². The van der Waals surface area contributed by atoms with Crippen molar-refractivity contribution in [2.24, 2.45) is 0 Å². The van der Waals surface area contributed by atoms with Crippen molar-refractivity contribution in [1.29, 1.82) is 0 Å². The zero-order chi connectivity index (χ0) is 15.0. The minimum Gasteiger partial charge on any atom is -0.469 e. The first-order chi connectivity index (χ1) is 9.56. The van der Waals surface area contributed by atoms with Gasteiger partial charge in [0.2, 0.25) is 0 Å². The largest absolute Gasteiger partial charge is 0.469 e. The van der Waals surface area contributed by atoms with Gasteiger partial charge in [-0.05, 0) is 24.8 Å². The maximum Gasteiger partial charge on any atom is 0.305 e. The highest BCUT2D eigenvalue weighted by Crippen LogP contribution is 2.16. The molecule has 0 atom stereocenters. The lowest BCUT2D eigenvalue weighted by molar-refractivity contribution is -0.140. The molecule has 1 rings (SSSR count). The van der Waals surface area contributed by atoms with Crippen LogP contribution >= 0.6 is 11.8 Å². The highest BCUT2D eigenvalue weighted by atomic mass is 32.2. The number of Topliss-reactive ketones (excluding diaryl/α,β-unsaturated/α-hetero) is 2. The van der Waals surface area contributed by atoms with E-state index >= 15 is 0 Å². The summed E-state index contributed by atoms with van der Waals surface area (Å²) in [5, 5.41) is 0. The van der Waals surface area contributed by atoms with Crippen molar-refractivity contribution in [2.45, 2.75) is 30.6 Å². The van der Waals surface area contributed by atoms with Crippen molar-refractivity contribution in [2.75, 3.05) is 13.4 Å². The van der Waals surface area contributed by atoms with Crippen molar-refractivity contribution in [3.05, 3.63) is 29.8 Å². The lowest BCUT2D eigenvalue weighted by Gasteiger charge is -2.02. The molecule has 0 radical (unpaired) electrons. The molecule has 0 N–H and O–H groups in total. The van der Waals surface area contributed by atoms with Gasteiger partial charge in [0.05, 0.1) is 13.5 Å². The van der Waals surface area contributed by atoms with Gasteiger partial charge in [-0.3, -0.25) is 14.4 Å². The fraction of sp³-hybridized carbons (Fsp3) is 0.400. The SMILES string of the molecule is COC(=O)CCCC(=O)CC(=O)c1ccc(SC)cc1. The third kappa shape index (κ3) is 5.57. The fourth-order valence-corrected chi connectivity index (χ4v) is 2.09. The van der Waals surface area contributed by atoms with Gasteiger partial charge in [0, 0.05) is 23.3 Å². The molecule has 5 heteroatoms. The molecule has 0 aliphatic rings. The van der Waals surface area contributed by atoms with E-state index in [1.165, 1.54) is 7.11 Å². The van der Waals surface area contributed by atoms with Crippen molar-refractivity contribution < 1.29 is 19.1 Å². The predicted octanol–water partition coefficient (Wildman–Crippen LogP) is 2.89. The fourth-order valence-electron chi connectivity index (χ4n) is 1.68. The minimum absolute atomic E-state index is 0.111. The molecule has 0 saturated heterocycles. The summed E-state index contributed by atoms with van der Waals surface area (Å²) in [5.41, 5.74) is 0.545. The highest BCUT2D eigenvalue weighted by molar-refractivity contribution is 7.98. The number of hydrogen-bond donors (Lipinski definition) is 0. The van der Waals surface area contributed by atoms with Gasteiger partial charge in [0.15, 0.2) is 5.78 Å². The number of ether oxygens (including phenoxy) is 1. The van der Waals surface area contributed by atoms with Crippen LogP contribution in [-0.2, 0) is 14.3 Å². The number of benzene rings is 1. The summed E-state index contributed by atoms with van der Waals surface area (Å²) in [6.45, 7) is 0. The standard InChI is InChI=1S/C15H18O4S/c1-19-15(18)5-3-4-12(16)10-14(17)11-6-8-13(20-2)9-7-11/h6-9H,3-5,10H2,1-2H3. The summed E-state index contributed by atoms with van der Waals surface area (Å²) >= 11 is 1.60. The zero-order valence-corrected chi connectivity index (χ0v) is 12.5. The summed E-state index contributed by atoms with van der Waals surface area (Å²) in [6, 6.07) is 7.19. The molecule has 0 aromatic heterocycles. The molecular formula is C15H18O4S. The molecule has 0 heterocycles. The van der Waals surface area contributed by atoms with Crippen LogP contribution in [0.4, 0.5) is 0 Å². The molecule has 0 aliphatic carbocycles. The van der Waals surface area contributed by atoms with E-state index < -0.39 is 0 Å². The lowest BCUT2D eigenvalue weighted by Crippen LogP contribution is -2.09. The first-order valence-electron chi connectivity index (χ1n) is 6.32. The van der Waals surface area contributed by atoms with E-state index in [4.69, 9.17) is 0 Å². The van der Waals surface area contributed by atoms with E-state index in [0.717, 1.165) is 4.90 Å². The molecule has 0 amide bonds. The van der Waals surface area contributed by atoms with E-state index in [1.807, 2.05) is 18.4 Å². The second kappa shape index (κ2) is 8.53. The average Bonchev–Trinajstić information content (AvgIpc) is 2.47. The molecule has 0 unspecified atom stereocenters. The molecule has 1 aromatic rings. The van der Waals surface area contributed by atoms with Crippen molar-refractivity contribution in [1.82, 2.24) is 0 Å². The Kier molecular flexibility index (Phi) is 7.01. The molecule has 0 fully saturated rings. The Bertz CT molecular complexity index is 479. The lowest BCUT2D eigenvalue weighted by atomic mass is 10.0. The third-order valence-corrected chi connectivity index (χ3v) is 3.58. The van der Waals surface area contributed by atoms with Gasteiger partial charge in [-0.15, -0.1) is 11.8 Å². The Morgan fingerprint density at radius 2 is 1.75 bits per heavy atom. The summed E-state index contributed by atoms with van der Waals surface area (Å²) in [5.74, 6) is -0.662. The van der Waals surface area contributed by atoms with Crippen LogP contribution in [0.5, 0.6) is 0 Å². The van der Waals surface area contributed by atoms with Crippen molar-refractivity contribution >= 4 is 29.3 Å². The minimum atomic E-state index is -0.336. The maximum absolute atomic E-state index is 11.9. The summed E-state index contributed by atoms with van der Waals surface area (Å²) in [6.07, 6.45) is 2.70. The van der Waals surface area contributed by atoms with Crippen LogP contribution in [0.3, 0.4) is 0 Å². The molecule has 4 nitrogen and oxygen atoms in total. The Labute approximate surface area is 122 Å². The molecule has 0 saturated carbocycles. The Morgan fingerprint density at radius 1 is 1.10 bits per heavy atom. The Hall–Kier alpha value is -1.62. The first kappa shape index (κ1) is 16.4. The highest BCUT2D eigenvalue weighted by Gasteiger charge is 2.12. The number of carbonyl (C=O) groups is 3. The quantitative estimate of drug-likeness (QED) is 0.319. The zero-order valence-electron chi connectivity index (χ0n) is 11.7. The van der Waals surface area contributed by atoms with Gasteiger partial charge in [-0.1, -0.05) is 12.1 Å². The number of carbonyl (C=O) groups excluding carboxylic acids is 3. The third-order valence-electron chi connectivity index (χ3n) is 2.83. The second-order valence-electron chi connectivity index (χ2n) is 4.30. The van der Waals surface area contributed by atoms with Crippen LogP contribution in [0.15, 0.2) is 29.2 Å². The van der Waals surface area contributed by atoms with E-state index in [9.17, 15) is 14.4 Å². The van der Waals surface area contributed by atoms with E-state index in [1.54, 1.807) is 23.9 Å². The van der Waals surface area contributed by atoms with Crippen molar-refractivity contribution in [3.63, 3.8) is 0 Å². The second-order valence-corrected chi connectivity index (χ2v) is 5.18. The van der Waals surface area contributed by atoms with Crippen LogP contribution in [0, 0.1) is 0 Å². The topological polar surface area (TPSA) is 60.4 Å². The number of thioether (sulfide) groups is 1. The van der Waals surface area contributed by atoms with Crippen LogP contribution in [0.2, 0.25) is 0 Å². The van der Waals surface area contributed by atoms with E-state index in [0.29, 0.717) is 12.0 Å². The smallest absolute Gasteiger partial charge is 0.305 e. The van der Waals surface area contributed by atoms with Gasteiger partial charge in [-0.2, -0.15) is 0 Å². The monoisotopic (exact) mass is 294 g/mol. The van der Waals surface area contributed by atoms with Crippen molar-refractivity contribution in [3.8, 4) is 0 Å². The van der Waals surface area contributed by atoms with E-state index in [2.05, 4.69) is 4.74 Å². The number of esters is 1. The molecule has 1 aromatic carbocycles. The predicted molar refractivity (Wildman–Crippen MR) is 78.0 cm³/mol. The first-order valence-corrected chi connectivity index (χ1v) is 7.55. The van der Waals surface area contributed by atoms with Crippen LogP contribution < -0.4 is 0 Å². The van der Waals surface area contributed by atoms with Crippen LogP contribution in [-0.4, -0.2) is 30.9 Å². The molecule has 20 heavy (non-hydrogen) atoms. The molecular weight excluding hydrogens is 276 g/mol. The summed E-state index contributed by atoms with van der Waals surface area (Å²) in [7, 11) is 1.31. The van der Waals surface area contributed by atoms with Gasteiger partial charge in [-0.25, -0.2) is 0 Å². The molecule has 0 spiro atoms. The summed E-state index contributed by atoms with van der Waals surface area (Å²) < 4.78 is 4.49. The maximum atomic E-state index is 11.9. The molecule has 0 bridgehead atoms. The van der Waals surface area contributed by atoms with E-state index in [-0.39, 0.29) is 36.8 Å². The number of ketones is 2. The summed E-state index contributed by atoms with van der Waals surface area (Å²) in [4.78, 5) is 35.5.